The van der Waals surface area contributed by atoms with Crippen molar-refractivity contribution in [2.24, 2.45) is 0 Å². The highest BCUT2D eigenvalue weighted by Gasteiger charge is 1.96. The van der Waals surface area contributed by atoms with Crippen LogP contribution in [0.25, 0.3) is 0 Å². The highest BCUT2D eigenvalue weighted by molar-refractivity contribution is 5.44. The van der Waals surface area contributed by atoms with Gasteiger partial charge in [-0.05, 0) is 30.5 Å². The number of nitrogens with zero attached hydrogens (tertiary/aromatic N) is 2. The Morgan fingerprint density at radius 2 is 1.72 bits per heavy atom. The molecule has 2 rings (SSSR count). The number of benzene rings is 1. The van der Waals surface area contributed by atoms with E-state index in [-0.39, 0.29) is 0 Å². The topological polar surface area (TPSA) is 37.8 Å². The van der Waals surface area contributed by atoms with Gasteiger partial charge in [0, 0.05) is 30.2 Å². The standard InChI is InChI=1S/C15H19N3/c1-2-3-4-13-5-7-15(8-6-13)18-11-14-9-16-12-17-10-14/h5-10,12,18H,2-4,11H2,1H3. The molecule has 94 valence electrons. The highest BCUT2D eigenvalue weighted by Crippen LogP contribution is 2.12. The summed E-state index contributed by atoms with van der Waals surface area (Å²) in [5.74, 6) is 0. The van der Waals surface area contributed by atoms with Crippen molar-refractivity contribution in [3.63, 3.8) is 0 Å². The van der Waals surface area contributed by atoms with Crippen LogP contribution in [-0.2, 0) is 13.0 Å². The Balaban J connectivity index is 1.86. The molecule has 1 aromatic heterocycles. The quantitative estimate of drug-likeness (QED) is 0.842. The molecule has 0 aliphatic carbocycles. The van der Waals surface area contributed by atoms with Crippen LogP contribution in [0.15, 0.2) is 43.0 Å². The molecule has 3 nitrogen and oxygen atoms in total. The van der Waals surface area contributed by atoms with Gasteiger partial charge in [0.25, 0.3) is 0 Å². The minimum atomic E-state index is 0.759. The molecule has 3 heteroatoms. The lowest BCUT2D eigenvalue weighted by atomic mass is 10.1. The fraction of sp³-hybridized carbons (Fsp3) is 0.333. The van der Waals surface area contributed by atoms with Crippen molar-refractivity contribution >= 4 is 5.69 Å². The van der Waals surface area contributed by atoms with Crippen molar-refractivity contribution in [3.05, 3.63) is 54.1 Å². The van der Waals surface area contributed by atoms with Gasteiger partial charge in [-0.25, -0.2) is 9.97 Å². The molecular weight excluding hydrogens is 222 g/mol. The molecule has 0 aliphatic heterocycles. The third kappa shape index (κ3) is 3.84. The van der Waals surface area contributed by atoms with Crippen LogP contribution >= 0.6 is 0 Å². The molecule has 2 aromatic rings. The maximum Gasteiger partial charge on any atom is 0.115 e. The van der Waals surface area contributed by atoms with E-state index >= 15 is 0 Å². The molecule has 0 aliphatic rings. The van der Waals surface area contributed by atoms with Gasteiger partial charge in [-0.1, -0.05) is 25.5 Å². The lowest BCUT2D eigenvalue weighted by Gasteiger charge is -2.07. The predicted octanol–water partition coefficient (Wildman–Crippen LogP) is 3.43. The van der Waals surface area contributed by atoms with Gasteiger partial charge in [0.2, 0.25) is 0 Å². The van der Waals surface area contributed by atoms with E-state index in [1.807, 2.05) is 12.4 Å². The molecule has 0 bridgehead atoms. The fourth-order valence-corrected chi connectivity index (χ4v) is 1.80. The molecule has 1 N–H and O–H groups in total. The number of rotatable bonds is 6. The monoisotopic (exact) mass is 241 g/mol. The van der Waals surface area contributed by atoms with Crippen LogP contribution in [0.4, 0.5) is 5.69 Å². The smallest absolute Gasteiger partial charge is 0.115 e. The Morgan fingerprint density at radius 1 is 1.00 bits per heavy atom. The number of hydrogen-bond donors (Lipinski definition) is 1. The highest BCUT2D eigenvalue weighted by atomic mass is 14.9. The Kier molecular flexibility index (Phi) is 4.70. The van der Waals surface area contributed by atoms with E-state index in [1.54, 1.807) is 6.33 Å². The first-order chi connectivity index (χ1) is 8.88. The Bertz CT molecular complexity index is 451. The minimum absolute atomic E-state index is 0.759. The first kappa shape index (κ1) is 12.6. The van der Waals surface area contributed by atoms with Crippen LogP contribution in [-0.4, -0.2) is 9.97 Å². The van der Waals surface area contributed by atoms with Gasteiger partial charge in [0.1, 0.15) is 6.33 Å². The maximum absolute atomic E-state index is 3.99. The predicted molar refractivity (Wildman–Crippen MR) is 74.4 cm³/mol. The number of unbranched alkanes of at least 4 members (excludes halogenated alkanes) is 1. The van der Waals surface area contributed by atoms with E-state index in [9.17, 15) is 0 Å². The van der Waals surface area contributed by atoms with E-state index in [2.05, 4.69) is 46.5 Å². The number of aryl methyl sites for hydroxylation is 1. The minimum Gasteiger partial charge on any atom is -0.381 e. The van der Waals surface area contributed by atoms with Crippen molar-refractivity contribution in [1.29, 1.82) is 0 Å². The number of hydrogen-bond acceptors (Lipinski definition) is 3. The molecule has 1 aromatic carbocycles. The maximum atomic E-state index is 3.99. The van der Waals surface area contributed by atoms with E-state index in [0.29, 0.717) is 0 Å². The molecular formula is C15H19N3. The van der Waals surface area contributed by atoms with Crippen LogP contribution in [0.2, 0.25) is 0 Å². The molecule has 0 atom stereocenters. The van der Waals surface area contributed by atoms with Gasteiger partial charge in [0.05, 0.1) is 0 Å². The van der Waals surface area contributed by atoms with Gasteiger partial charge < -0.3 is 5.32 Å². The molecule has 18 heavy (non-hydrogen) atoms. The molecule has 0 unspecified atom stereocenters. The summed E-state index contributed by atoms with van der Waals surface area (Å²) in [7, 11) is 0. The van der Waals surface area contributed by atoms with E-state index in [0.717, 1.165) is 17.8 Å². The van der Waals surface area contributed by atoms with Crippen molar-refractivity contribution in [3.8, 4) is 0 Å². The van der Waals surface area contributed by atoms with Crippen molar-refractivity contribution < 1.29 is 0 Å². The number of aromatic nitrogens is 2. The molecule has 0 fully saturated rings. The first-order valence-corrected chi connectivity index (χ1v) is 6.45. The van der Waals surface area contributed by atoms with E-state index < -0.39 is 0 Å². The van der Waals surface area contributed by atoms with Gasteiger partial charge in [-0.15, -0.1) is 0 Å². The summed E-state index contributed by atoms with van der Waals surface area (Å²) in [5, 5.41) is 3.36. The van der Waals surface area contributed by atoms with Crippen LogP contribution in [0, 0.1) is 0 Å². The third-order valence-electron chi connectivity index (χ3n) is 2.88. The summed E-state index contributed by atoms with van der Waals surface area (Å²) in [6.07, 6.45) is 8.88. The van der Waals surface area contributed by atoms with Crippen molar-refractivity contribution in [2.75, 3.05) is 5.32 Å². The summed E-state index contributed by atoms with van der Waals surface area (Å²) in [6.45, 7) is 2.98. The average molecular weight is 241 g/mol. The van der Waals surface area contributed by atoms with E-state index in [1.165, 1.54) is 24.8 Å². The number of nitrogens with one attached hydrogen (secondary N) is 1. The summed E-state index contributed by atoms with van der Waals surface area (Å²) in [5.41, 5.74) is 3.64. The largest absolute Gasteiger partial charge is 0.381 e. The fourth-order valence-electron chi connectivity index (χ4n) is 1.80. The molecule has 0 saturated carbocycles. The molecule has 1 heterocycles. The van der Waals surface area contributed by atoms with Crippen LogP contribution in [0.1, 0.15) is 30.9 Å². The third-order valence-corrected chi connectivity index (χ3v) is 2.88. The second-order valence-corrected chi connectivity index (χ2v) is 4.40. The van der Waals surface area contributed by atoms with Crippen LogP contribution < -0.4 is 5.32 Å². The van der Waals surface area contributed by atoms with Crippen molar-refractivity contribution in [2.45, 2.75) is 32.7 Å². The Hall–Kier alpha value is -1.90. The van der Waals surface area contributed by atoms with Gasteiger partial charge in [-0.2, -0.15) is 0 Å². The zero-order valence-electron chi connectivity index (χ0n) is 10.8. The normalized spacial score (nSPS) is 10.3. The molecule has 0 saturated heterocycles. The molecule has 0 spiro atoms. The van der Waals surface area contributed by atoms with Crippen LogP contribution in [0.3, 0.4) is 0 Å². The second-order valence-electron chi connectivity index (χ2n) is 4.40. The molecule has 0 radical (unpaired) electrons. The van der Waals surface area contributed by atoms with Gasteiger partial charge in [-0.3, -0.25) is 0 Å². The SMILES string of the molecule is CCCCc1ccc(NCc2cncnc2)cc1. The average Bonchev–Trinajstić information content (AvgIpc) is 2.45. The summed E-state index contributed by atoms with van der Waals surface area (Å²) >= 11 is 0. The van der Waals surface area contributed by atoms with Crippen LogP contribution in [0.5, 0.6) is 0 Å². The summed E-state index contributed by atoms with van der Waals surface area (Å²) < 4.78 is 0. The van der Waals surface area contributed by atoms with Gasteiger partial charge >= 0.3 is 0 Å². The second kappa shape index (κ2) is 6.74. The number of anilines is 1. The summed E-state index contributed by atoms with van der Waals surface area (Å²) in [6, 6.07) is 8.66. The van der Waals surface area contributed by atoms with E-state index in [4.69, 9.17) is 0 Å². The Labute approximate surface area is 108 Å². The first-order valence-electron chi connectivity index (χ1n) is 6.45. The molecule has 0 amide bonds. The zero-order chi connectivity index (χ0) is 12.6. The lowest BCUT2D eigenvalue weighted by Crippen LogP contribution is -2.00. The Morgan fingerprint density at radius 3 is 2.39 bits per heavy atom. The lowest BCUT2D eigenvalue weighted by molar-refractivity contribution is 0.795. The van der Waals surface area contributed by atoms with Gasteiger partial charge in [0.15, 0.2) is 0 Å². The zero-order valence-corrected chi connectivity index (χ0v) is 10.8. The van der Waals surface area contributed by atoms with Crippen molar-refractivity contribution in [1.82, 2.24) is 9.97 Å². The summed E-state index contributed by atoms with van der Waals surface area (Å²) in [4.78, 5) is 7.99.